The molecule has 1 amide bonds. The normalized spacial score (nSPS) is 11.4. The van der Waals surface area contributed by atoms with Gasteiger partial charge in [-0.05, 0) is 31.5 Å². The highest BCUT2D eigenvalue weighted by atomic mass is 16.5. The summed E-state index contributed by atoms with van der Waals surface area (Å²) in [6.45, 7) is 4.04. The molecule has 1 rings (SSSR count). The molecular formula is C21H34N2O3. The van der Waals surface area contributed by atoms with Crippen LogP contribution in [0.2, 0.25) is 0 Å². The maximum Gasteiger partial charge on any atom is 0.240 e. The number of methoxy groups -OCH3 is 1. The molecule has 0 unspecified atom stereocenters. The fourth-order valence-corrected chi connectivity index (χ4v) is 2.77. The number of hydrazone groups is 1. The quantitative estimate of drug-likeness (QED) is 0.289. The van der Waals surface area contributed by atoms with Crippen LogP contribution in [-0.2, 0) is 4.79 Å². The van der Waals surface area contributed by atoms with Crippen molar-refractivity contribution in [3.63, 3.8) is 0 Å². The van der Waals surface area contributed by atoms with E-state index in [1.807, 2.05) is 6.92 Å². The third kappa shape index (κ3) is 8.88. The van der Waals surface area contributed by atoms with Crippen molar-refractivity contribution in [3.05, 3.63) is 23.8 Å². The molecular weight excluding hydrogens is 328 g/mol. The smallest absolute Gasteiger partial charge is 0.240 e. The van der Waals surface area contributed by atoms with Gasteiger partial charge in [-0.15, -0.1) is 0 Å². The van der Waals surface area contributed by atoms with E-state index in [-0.39, 0.29) is 11.7 Å². The van der Waals surface area contributed by atoms with Gasteiger partial charge >= 0.3 is 0 Å². The fourth-order valence-electron chi connectivity index (χ4n) is 2.77. The summed E-state index contributed by atoms with van der Waals surface area (Å²) in [6, 6.07) is 4.99. The minimum atomic E-state index is -0.0574. The van der Waals surface area contributed by atoms with E-state index >= 15 is 0 Å². The summed E-state index contributed by atoms with van der Waals surface area (Å²) >= 11 is 0. The molecule has 2 N–H and O–H groups in total. The zero-order valence-electron chi connectivity index (χ0n) is 16.5. The molecule has 26 heavy (non-hydrogen) atoms. The van der Waals surface area contributed by atoms with Gasteiger partial charge in [-0.1, -0.05) is 58.3 Å². The van der Waals surface area contributed by atoms with Gasteiger partial charge < -0.3 is 9.84 Å². The van der Waals surface area contributed by atoms with E-state index in [0.29, 0.717) is 17.9 Å². The number of benzene rings is 1. The van der Waals surface area contributed by atoms with E-state index in [1.54, 1.807) is 18.2 Å². The summed E-state index contributed by atoms with van der Waals surface area (Å²) in [4.78, 5) is 11.9. The average molecular weight is 363 g/mol. The highest BCUT2D eigenvalue weighted by Gasteiger charge is 2.06. The first kappa shape index (κ1) is 22.0. The molecule has 0 heterocycles. The molecule has 0 bridgehead atoms. The van der Waals surface area contributed by atoms with Gasteiger partial charge in [-0.2, -0.15) is 5.10 Å². The van der Waals surface area contributed by atoms with Crippen LogP contribution in [0.3, 0.4) is 0 Å². The predicted molar refractivity (Wildman–Crippen MR) is 107 cm³/mol. The number of hydrogen-bond donors (Lipinski definition) is 2. The van der Waals surface area contributed by atoms with Crippen molar-refractivity contribution in [2.45, 2.75) is 78.1 Å². The molecule has 0 fully saturated rings. The van der Waals surface area contributed by atoms with Crippen molar-refractivity contribution in [2.75, 3.05) is 7.11 Å². The topological polar surface area (TPSA) is 70.9 Å². The Labute approximate surface area is 157 Å². The van der Waals surface area contributed by atoms with Crippen LogP contribution in [0.4, 0.5) is 0 Å². The van der Waals surface area contributed by atoms with Crippen molar-refractivity contribution in [1.29, 1.82) is 0 Å². The van der Waals surface area contributed by atoms with Gasteiger partial charge in [0, 0.05) is 12.0 Å². The molecule has 5 nitrogen and oxygen atoms in total. The maximum atomic E-state index is 11.9. The van der Waals surface area contributed by atoms with Crippen LogP contribution in [0.25, 0.3) is 0 Å². The van der Waals surface area contributed by atoms with E-state index in [4.69, 9.17) is 4.74 Å². The number of nitrogens with one attached hydrogen (secondary N) is 1. The monoisotopic (exact) mass is 362 g/mol. The number of phenolic OH excluding ortho intramolecular Hbond substituents is 1. The SMILES string of the molecule is CCCCCCCCCCCC(=O)N/N=C(\C)c1ccc(O)c(OC)c1. The second-order valence-corrected chi connectivity index (χ2v) is 6.70. The molecule has 0 saturated heterocycles. The van der Waals surface area contributed by atoms with E-state index in [1.165, 1.54) is 52.1 Å². The third-order valence-corrected chi connectivity index (χ3v) is 4.45. The standard InChI is InChI=1S/C21H34N2O3/c1-4-5-6-7-8-9-10-11-12-13-21(25)23-22-17(2)18-14-15-19(24)20(16-18)26-3/h14-16,24H,4-13H2,1-3H3,(H,23,25)/b22-17+. The molecule has 1 aromatic carbocycles. The van der Waals surface area contributed by atoms with Crippen LogP contribution in [0.5, 0.6) is 11.5 Å². The lowest BCUT2D eigenvalue weighted by Crippen LogP contribution is -2.18. The Morgan fingerprint density at radius 3 is 2.31 bits per heavy atom. The lowest BCUT2D eigenvalue weighted by molar-refractivity contribution is -0.121. The number of unbranched alkanes of at least 4 members (excludes halogenated alkanes) is 8. The number of nitrogens with zero attached hydrogens (tertiary/aromatic N) is 1. The Balaban J connectivity index is 2.21. The van der Waals surface area contributed by atoms with E-state index < -0.39 is 0 Å². The number of ether oxygens (including phenoxy) is 1. The van der Waals surface area contributed by atoms with Crippen LogP contribution in [0.1, 0.15) is 83.6 Å². The summed E-state index contributed by atoms with van der Waals surface area (Å²) in [7, 11) is 1.50. The Morgan fingerprint density at radius 1 is 1.08 bits per heavy atom. The molecule has 0 aliphatic heterocycles. The minimum Gasteiger partial charge on any atom is -0.504 e. The van der Waals surface area contributed by atoms with Crippen LogP contribution in [0.15, 0.2) is 23.3 Å². The van der Waals surface area contributed by atoms with Gasteiger partial charge in [0.25, 0.3) is 0 Å². The molecule has 0 aromatic heterocycles. The van der Waals surface area contributed by atoms with Crippen LogP contribution in [-0.4, -0.2) is 23.8 Å². The molecule has 0 atom stereocenters. The van der Waals surface area contributed by atoms with E-state index in [9.17, 15) is 9.90 Å². The second-order valence-electron chi connectivity index (χ2n) is 6.70. The third-order valence-electron chi connectivity index (χ3n) is 4.45. The van der Waals surface area contributed by atoms with Crippen LogP contribution in [0, 0.1) is 0 Å². The highest BCUT2D eigenvalue weighted by Crippen LogP contribution is 2.26. The molecule has 146 valence electrons. The van der Waals surface area contributed by atoms with Gasteiger partial charge in [-0.3, -0.25) is 4.79 Å². The van der Waals surface area contributed by atoms with Crippen molar-refractivity contribution >= 4 is 11.6 Å². The number of rotatable bonds is 13. The number of hydrogen-bond acceptors (Lipinski definition) is 4. The van der Waals surface area contributed by atoms with E-state index in [0.717, 1.165) is 18.4 Å². The van der Waals surface area contributed by atoms with Crippen molar-refractivity contribution in [2.24, 2.45) is 5.10 Å². The summed E-state index contributed by atoms with van der Waals surface area (Å²) in [5.41, 5.74) is 4.07. The molecule has 0 aliphatic carbocycles. The zero-order chi connectivity index (χ0) is 19.2. The Bertz CT molecular complexity index is 570. The first-order chi connectivity index (χ1) is 12.6. The lowest BCUT2D eigenvalue weighted by atomic mass is 10.1. The van der Waals surface area contributed by atoms with Crippen molar-refractivity contribution in [3.8, 4) is 11.5 Å². The summed E-state index contributed by atoms with van der Waals surface area (Å²) in [5.74, 6) is 0.412. The van der Waals surface area contributed by atoms with Crippen molar-refractivity contribution < 1.29 is 14.6 Å². The Morgan fingerprint density at radius 2 is 1.69 bits per heavy atom. The number of aromatic hydroxyl groups is 1. The number of carbonyl (C=O) groups is 1. The minimum absolute atomic E-state index is 0.0574. The van der Waals surface area contributed by atoms with E-state index in [2.05, 4.69) is 17.5 Å². The van der Waals surface area contributed by atoms with Crippen LogP contribution >= 0.6 is 0 Å². The van der Waals surface area contributed by atoms with Gasteiger partial charge in [0.1, 0.15) is 0 Å². The molecule has 0 aliphatic rings. The maximum absolute atomic E-state index is 11.9. The van der Waals surface area contributed by atoms with Crippen molar-refractivity contribution in [1.82, 2.24) is 5.43 Å². The Hall–Kier alpha value is -2.04. The van der Waals surface area contributed by atoms with Crippen LogP contribution < -0.4 is 10.2 Å². The Kier molecular flexibility index (Phi) is 11.2. The number of carbonyl (C=O) groups excluding carboxylic acids is 1. The summed E-state index contributed by atoms with van der Waals surface area (Å²) in [6.07, 6.45) is 11.6. The molecule has 0 saturated carbocycles. The lowest BCUT2D eigenvalue weighted by Gasteiger charge is -2.07. The van der Waals surface area contributed by atoms with Gasteiger partial charge in [0.05, 0.1) is 12.8 Å². The van der Waals surface area contributed by atoms with Gasteiger partial charge in [0.2, 0.25) is 5.91 Å². The molecule has 5 heteroatoms. The average Bonchev–Trinajstić information content (AvgIpc) is 2.65. The van der Waals surface area contributed by atoms with Gasteiger partial charge in [0.15, 0.2) is 11.5 Å². The van der Waals surface area contributed by atoms with Gasteiger partial charge in [-0.25, -0.2) is 5.43 Å². The number of phenols is 1. The molecule has 0 radical (unpaired) electrons. The largest absolute Gasteiger partial charge is 0.504 e. The second kappa shape index (κ2) is 13.2. The predicted octanol–water partition coefficient (Wildman–Crippen LogP) is 5.16. The zero-order valence-corrected chi connectivity index (χ0v) is 16.5. The fraction of sp³-hybridized carbons (Fsp3) is 0.619. The highest BCUT2D eigenvalue weighted by molar-refractivity contribution is 5.99. The first-order valence-corrected chi connectivity index (χ1v) is 9.79. The molecule has 1 aromatic rings. The summed E-state index contributed by atoms with van der Waals surface area (Å²) < 4.78 is 5.08. The first-order valence-electron chi connectivity index (χ1n) is 9.79. The summed E-state index contributed by atoms with van der Waals surface area (Å²) in [5, 5.41) is 13.7. The number of amides is 1. The molecule has 0 spiro atoms.